The number of hydrogen-bond donors (Lipinski definition) is 0. The van der Waals surface area contributed by atoms with Gasteiger partial charge in [-0.2, -0.15) is 0 Å². The standard InChI is InChI=1S/C17H26O4.C17H28O2.C16H26O2.C15H24O2.C14H22O2/c1-10(2)16(19)20-9-15(18)21-17(3)13-5-11-4-12(7-13)8-14(17)6-11;1-10(2)16(18)19-17(11(3)4)14-6-12-5-13(8-14)9-15(17)7-12;1-4-16(18-15(17)10(2)3)13-6-11-5-12(8-13)9-14(16)7-11;1-9(2)14(16)17-15(3)12-5-10-4-11(7-12)8-13(15)6-10;1-3-13(15)16-14(2)11-5-9-4-10(7-11)8-12(14)6-9/h10-14H,4-9H2,1-3H3;10-15H,5-9H2,1-4H3;10-14H,4-9H2,1-3H3;9-13H,4-8H2,1-3H3;9-12H,3-8H2,1-2H3. The largest absolute Gasteiger partial charge is 0.459 e. The molecule has 0 amide bonds. The van der Waals surface area contributed by atoms with Gasteiger partial charge in [0.05, 0.1) is 23.7 Å². The number of rotatable bonds is 14. The molecule has 20 saturated carbocycles. The van der Waals surface area contributed by atoms with Crippen LogP contribution >= 0.6 is 0 Å². The molecule has 514 valence electrons. The van der Waals surface area contributed by atoms with Gasteiger partial charge < -0.3 is 28.4 Å². The van der Waals surface area contributed by atoms with Crippen LogP contribution < -0.4 is 0 Å². The monoisotopic (exact) mass is 1270 g/mol. The summed E-state index contributed by atoms with van der Waals surface area (Å²) in [6.07, 6.45) is 34.4. The van der Waals surface area contributed by atoms with E-state index in [1.165, 1.54) is 161 Å². The summed E-state index contributed by atoms with van der Waals surface area (Å²) in [6.45, 7) is 30.1. The molecule has 0 spiro atoms. The zero-order valence-electron chi connectivity index (χ0n) is 59.6. The average Bonchev–Trinajstić information content (AvgIpc) is 0.765. The van der Waals surface area contributed by atoms with Crippen molar-refractivity contribution in [2.45, 2.75) is 305 Å². The third-order valence-corrected chi connectivity index (χ3v) is 28.7. The number of carbonyl (C=O) groups is 6. The van der Waals surface area contributed by atoms with Crippen molar-refractivity contribution in [1.29, 1.82) is 0 Å². The Labute approximate surface area is 550 Å². The van der Waals surface area contributed by atoms with Crippen LogP contribution in [0.4, 0.5) is 0 Å². The lowest BCUT2D eigenvalue weighted by Crippen LogP contribution is -2.62. The minimum Gasteiger partial charge on any atom is -0.459 e. The second-order valence-corrected chi connectivity index (χ2v) is 36.2. The highest BCUT2D eigenvalue weighted by Crippen LogP contribution is 2.65. The minimum atomic E-state index is -0.390. The van der Waals surface area contributed by atoms with Crippen molar-refractivity contribution >= 4 is 35.8 Å². The predicted octanol–water partition coefficient (Wildman–Crippen LogP) is 17.3. The topological polar surface area (TPSA) is 158 Å². The second-order valence-electron chi connectivity index (χ2n) is 36.2. The molecular weight excluding hydrogens is 1140 g/mol. The van der Waals surface area contributed by atoms with Crippen LogP contribution in [0.25, 0.3) is 0 Å². The van der Waals surface area contributed by atoms with Gasteiger partial charge in [-0.3, -0.25) is 24.0 Å². The maximum Gasteiger partial charge on any atom is 0.344 e. The van der Waals surface area contributed by atoms with Gasteiger partial charge >= 0.3 is 35.8 Å². The van der Waals surface area contributed by atoms with Gasteiger partial charge in [0, 0.05) is 6.42 Å². The molecule has 0 atom stereocenters. The van der Waals surface area contributed by atoms with Gasteiger partial charge in [0.25, 0.3) is 0 Å². The van der Waals surface area contributed by atoms with Gasteiger partial charge in [-0.25, -0.2) is 4.79 Å². The maximum atomic E-state index is 12.2. The Hall–Kier alpha value is -3.18. The predicted molar refractivity (Wildman–Crippen MR) is 352 cm³/mol. The van der Waals surface area contributed by atoms with Crippen molar-refractivity contribution in [3.63, 3.8) is 0 Å². The number of carbonyl (C=O) groups excluding carboxylic acids is 6. The van der Waals surface area contributed by atoms with Crippen molar-refractivity contribution in [3.05, 3.63) is 0 Å². The van der Waals surface area contributed by atoms with Crippen LogP contribution in [-0.4, -0.2) is 70.4 Å². The molecule has 20 rings (SSSR count). The van der Waals surface area contributed by atoms with Crippen molar-refractivity contribution in [2.24, 2.45) is 148 Å². The van der Waals surface area contributed by atoms with E-state index in [4.69, 9.17) is 28.4 Å². The van der Waals surface area contributed by atoms with Gasteiger partial charge in [0.1, 0.15) is 28.0 Å². The lowest BCUT2D eigenvalue weighted by molar-refractivity contribution is -0.227. The van der Waals surface area contributed by atoms with E-state index in [1.54, 1.807) is 13.8 Å². The first-order valence-electron chi connectivity index (χ1n) is 38.2. The van der Waals surface area contributed by atoms with Crippen LogP contribution in [0.2, 0.25) is 0 Å². The fourth-order valence-electron chi connectivity index (χ4n) is 24.6. The molecular formula is C79H126O12. The van der Waals surface area contributed by atoms with Gasteiger partial charge in [-0.15, -0.1) is 0 Å². The second kappa shape index (κ2) is 27.0. The van der Waals surface area contributed by atoms with E-state index in [-0.39, 0.29) is 94.1 Å². The SMILES string of the molecule is CC(C)C(=O)OC1(C(C)C)C2CC3CC(C2)CC1C3.CC(C)C(=O)OC1(C)C2CC3CC(C2)CC1C3.CC(C)C(=O)OCC(=O)OC1(C)C2CC3CC(C2)CC1C3.CCC(=O)OC1(C)C2CC3CC(C2)CC1C3.CCC1(OC(=O)C(C)C)C2CC3CC(C2)CC1C3. The van der Waals surface area contributed by atoms with Crippen molar-refractivity contribution in [3.8, 4) is 0 Å². The van der Waals surface area contributed by atoms with Crippen LogP contribution in [0, 0.1) is 148 Å². The zero-order chi connectivity index (χ0) is 65.4. The Balaban J connectivity index is 0.000000117. The molecule has 20 aliphatic rings. The average molecular weight is 1270 g/mol. The first kappa shape index (κ1) is 69.2. The fraction of sp³-hybridized carbons (Fsp3) is 0.924. The molecule has 12 nitrogen and oxygen atoms in total. The molecule has 0 N–H and O–H groups in total. The summed E-state index contributed by atoms with van der Waals surface area (Å²) in [5, 5.41) is 0. The van der Waals surface area contributed by atoms with Gasteiger partial charge in [0.2, 0.25) is 0 Å². The molecule has 20 aliphatic carbocycles. The van der Waals surface area contributed by atoms with Crippen LogP contribution in [0.3, 0.4) is 0 Å². The number of ether oxygens (including phenoxy) is 6. The Morgan fingerprint density at radius 3 is 0.835 bits per heavy atom. The van der Waals surface area contributed by atoms with Crippen LogP contribution in [0.5, 0.6) is 0 Å². The van der Waals surface area contributed by atoms with E-state index in [1.807, 2.05) is 48.5 Å². The van der Waals surface area contributed by atoms with Crippen LogP contribution in [0.1, 0.15) is 277 Å². The highest BCUT2D eigenvalue weighted by Gasteiger charge is 2.63. The Kier molecular flexibility index (Phi) is 20.5. The summed E-state index contributed by atoms with van der Waals surface area (Å²) < 4.78 is 34.9. The molecule has 20 fully saturated rings. The molecule has 0 unspecified atom stereocenters. The summed E-state index contributed by atoms with van der Waals surface area (Å²) in [5.41, 5.74) is -0.854. The summed E-state index contributed by atoms with van der Waals surface area (Å²) in [5.74, 6) is 14.8. The van der Waals surface area contributed by atoms with Crippen molar-refractivity contribution in [1.82, 2.24) is 0 Å². The smallest absolute Gasteiger partial charge is 0.344 e. The Bertz CT molecular complexity index is 2470. The normalized spacial score (nSPS) is 45.1. The first-order chi connectivity index (χ1) is 43.0. The van der Waals surface area contributed by atoms with E-state index in [0.29, 0.717) is 71.5 Å². The third kappa shape index (κ3) is 13.7. The Morgan fingerprint density at radius 2 is 0.560 bits per heavy atom. The quantitative estimate of drug-likeness (QED) is 0.120. The van der Waals surface area contributed by atoms with E-state index >= 15 is 0 Å². The van der Waals surface area contributed by atoms with Gasteiger partial charge in [-0.05, 0) is 312 Å². The lowest BCUT2D eigenvalue weighted by Gasteiger charge is -2.62. The third-order valence-electron chi connectivity index (χ3n) is 28.7. The first-order valence-corrected chi connectivity index (χ1v) is 38.2. The molecule has 0 aromatic heterocycles. The number of esters is 6. The van der Waals surface area contributed by atoms with Crippen molar-refractivity contribution in [2.75, 3.05) is 6.61 Å². The summed E-state index contributed by atoms with van der Waals surface area (Å²) in [6, 6.07) is 0. The fourth-order valence-corrected chi connectivity index (χ4v) is 24.6. The molecule has 0 saturated heterocycles. The molecule has 0 aliphatic heterocycles. The van der Waals surface area contributed by atoms with Crippen LogP contribution in [-0.2, 0) is 57.2 Å². The van der Waals surface area contributed by atoms with E-state index < -0.39 is 0 Å². The lowest BCUT2D eigenvalue weighted by atomic mass is 9.47. The maximum absolute atomic E-state index is 12.2. The van der Waals surface area contributed by atoms with Crippen LogP contribution in [0.15, 0.2) is 0 Å². The molecule has 0 heterocycles. The molecule has 20 bridgehead atoms. The highest BCUT2D eigenvalue weighted by atomic mass is 16.6. The van der Waals surface area contributed by atoms with Gasteiger partial charge in [0.15, 0.2) is 6.61 Å². The molecule has 91 heavy (non-hydrogen) atoms. The van der Waals surface area contributed by atoms with Crippen molar-refractivity contribution < 1.29 is 57.2 Å². The molecule has 0 radical (unpaired) electrons. The minimum absolute atomic E-state index is 0.0000246. The Morgan fingerprint density at radius 1 is 0.308 bits per heavy atom. The van der Waals surface area contributed by atoms with E-state index in [9.17, 15) is 28.8 Å². The van der Waals surface area contributed by atoms with Gasteiger partial charge in [-0.1, -0.05) is 83.1 Å². The summed E-state index contributed by atoms with van der Waals surface area (Å²) in [4.78, 5) is 71.3. The number of hydrogen-bond acceptors (Lipinski definition) is 12. The van der Waals surface area contributed by atoms with E-state index in [2.05, 4.69) is 41.5 Å². The molecule has 12 heteroatoms. The summed E-state index contributed by atoms with van der Waals surface area (Å²) in [7, 11) is 0. The zero-order valence-corrected chi connectivity index (χ0v) is 59.6. The molecule has 0 aromatic carbocycles. The van der Waals surface area contributed by atoms with E-state index in [0.717, 1.165) is 65.6 Å². The highest BCUT2D eigenvalue weighted by molar-refractivity contribution is 5.78. The summed E-state index contributed by atoms with van der Waals surface area (Å²) >= 11 is 0. The molecule has 0 aromatic rings.